The van der Waals surface area contributed by atoms with Crippen LogP contribution in [0.5, 0.6) is 0 Å². The zero-order valence-electron chi connectivity index (χ0n) is 13.2. The van der Waals surface area contributed by atoms with Gasteiger partial charge in [0, 0.05) is 44.0 Å². The SMILES string of the molecule is Cc1nnc2c(N3CCN(c4nc(C(F)(F)F)cs4)CC3)nccn12. The van der Waals surface area contributed by atoms with E-state index in [2.05, 4.69) is 25.1 Å². The van der Waals surface area contributed by atoms with Gasteiger partial charge in [-0.15, -0.1) is 21.5 Å². The predicted octanol–water partition coefficient (Wildman–Crippen LogP) is 2.23. The summed E-state index contributed by atoms with van der Waals surface area (Å²) >= 11 is 1.02. The highest BCUT2D eigenvalue weighted by molar-refractivity contribution is 7.13. The van der Waals surface area contributed by atoms with Crippen LogP contribution in [0.4, 0.5) is 24.1 Å². The first-order chi connectivity index (χ1) is 11.9. The Morgan fingerprint density at radius 1 is 1.08 bits per heavy atom. The lowest BCUT2D eigenvalue weighted by molar-refractivity contribution is -0.140. The molecule has 1 aliphatic rings. The van der Waals surface area contributed by atoms with Crippen molar-refractivity contribution in [2.45, 2.75) is 13.1 Å². The van der Waals surface area contributed by atoms with Crippen LogP contribution in [-0.2, 0) is 6.18 Å². The number of aryl methyl sites for hydroxylation is 1. The van der Waals surface area contributed by atoms with Gasteiger partial charge in [0.15, 0.2) is 16.6 Å². The molecule has 132 valence electrons. The summed E-state index contributed by atoms with van der Waals surface area (Å²) in [6.07, 6.45) is -0.901. The van der Waals surface area contributed by atoms with Gasteiger partial charge in [0.25, 0.3) is 0 Å². The van der Waals surface area contributed by atoms with E-state index in [1.54, 1.807) is 12.4 Å². The van der Waals surface area contributed by atoms with Crippen molar-refractivity contribution in [3.63, 3.8) is 0 Å². The fraction of sp³-hybridized carbons (Fsp3) is 0.429. The van der Waals surface area contributed by atoms with Crippen LogP contribution in [0.1, 0.15) is 11.5 Å². The van der Waals surface area contributed by atoms with Crippen LogP contribution in [0.25, 0.3) is 5.65 Å². The zero-order chi connectivity index (χ0) is 17.6. The molecule has 0 unspecified atom stereocenters. The summed E-state index contributed by atoms with van der Waals surface area (Å²) in [5.74, 6) is 1.51. The zero-order valence-corrected chi connectivity index (χ0v) is 14.0. The highest BCUT2D eigenvalue weighted by Crippen LogP contribution is 2.33. The monoisotopic (exact) mass is 369 g/mol. The van der Waals surface area contributed by atoms with E-state index >= 15 is 0 Å². The second kappa shape index (κ2) is 5.83. The van der Waals surface area contributed by atoms with E-state index in [1.807, 2.05) is 16.2 Å². The van der Waals surface area contributed by atoms with Crippen molar-refractivity contribution in [2.24, 2.45) is 0 Å². The third-order valence-electron chi connectivity index (χ3n) is 4.11. The van der Waals surface area contributed by atoms with E-state index in [1.165, 1.54) is 0 Å². The fourth-order valence-corrected chi connectivity index (χ4v) is 3.69. The van der Waals surface area contributed by atoms with Crippen LogP contribution in [0.3, 0.4) is 0 Å². The molecule has 1 aliphatic heterocycles. The molecular weight excluding hydrogens is 355 g/mol. The van der Waals surface area contributed by atoms with E-state index in [9.17, 15) is 13.2 Å². The maximum atomic E-state index is 12.7. The van der Waals surface area contributed by atoms with Gasteiger partial charge in [0.1, 0.15) is 5.82 Å². The minimum Gasteiger partial charge on any atom is -0.350 e. The first kappa shape index (κ1) is 16.1. The van der Waals surface area contributed by atoms with E-state index in [0.29, 0.717) is 37.0 Å². The number of alkyl halides is 3. The maximum Gasteiger partial charge on any atom is 0.434 e. The topological polar surface area (TPSA) is 62.5 Å². The second-order valence-electron chi connectivity index (χ2n) is 5.68. The molecule has 0 bridgehead atoms. The number of hydrogen-bond donors (Lipinski definition) is 0. The second-order valence-corrected chi connectivity index (χ2v) is 6.52. The molecule has 3 aromatic rings. The Kier molecular flexibility index (Phi) is 3.74. The van der Waals surface area contributed by atoms with Crippen LogP contribution in [0, 0.1) is 6.92 Å². The molecule has 1 fully saturated rings. The summed E-state index contributed by atoms with van der Waals surface area (Å²) in [7, 11) is 0. The van der Waals surface area contributed by atoms with Gasteiger partial charge < -0.3 is 9.80 Å². The lowest BCUT2D eigenvalue weighted by Crippen LogP contribution is -2.47. The summed E-state index contributed by atoms with van der Waals surface area (Å²) in [6.45, 7) is 4.25. The third kappa shape index (κ3) is 2.88. The van der Waals surface area contributed by atoms with Gasteiger partial charge in [-0.2, -0.15) is 13.2 Å². The molecule has 0 spiro atoms. The summed E-state index contributed by atoms with van der Waals surface area (Å²) in [5.41, 5.74) is -0.151. The first-order valence-corrected chi connectivity index (χ1v) is 8.50. The highest BCUT2D eigenvalue weighted by atomic mass is 32.1. The van der Waals surface area contributed by atoms with Crippen LogP contribution in [0.15, 0.2) is 17.8 Å². The summed E-state index contributed by atoms with van der Waals surface area (Å²) in [6, 6.07) is 0. The standard InChI is InChI=1S/C14H14F3N7S/c1-9-20-21-12-11(18-2-3-24(9)12)22-4-6-23(7-5-22)13-19-10(8-25-13)14(15,16)17/h2-3,8H,4-7H2,1H3. The largest absolute Gasteiger partial charge is 0.434 e. The number of anilines is 2. The molecule has 4 rings (SSSR count). The number of halogens is 3. The molecule has 3 aromatic heterocycles. The summed E-state index contributed by atoms with van der Waals surface area (Å²) in [4.78, 5) is 12.0. The van der Waals surface area contributed by atoms with Crippen LogP contribution < -0.4 is 9.80 Å². The molecule has 0 atom stereocenters. The smallest absolute Gasteiger partial charge is 0.350 e. The fourth-order valence-electron chi connectivity index (χ4n) is 2.80. The molecular formula is C14H14F3N7S. The van der Waals surface area contributed by atoms with E-state index < -0.39 is 11.9 Å². The van der Waals surface area contributed by atoms with Gasteiger partial charge in [-0.3, -0.25) is 4.40 Å². The van der Waals surface area contributed by atoms with Crippen molar-refractivity contribution < 1.29 is 13.2 Å². The average Bonchev–Trinajstić information content (AvgIpc) is 3.22. The van der Waals surface area contributed by atoms with Crippen molar-refractivity contribution in [1.82, 2.24) is 24.6 Å². The Morgan fingerprint density at radius 3 is 2.48 bits per heavy atom. The average molecular weight is 369 g/mol. The molecule has 0 aromatic carbocycles. The van der Waals surface area contributed by atoms with Gasteiger partial charge in [-0.05, 0) is 6.92 Å². The number of aromatic nitrogens is 5. The number of piperazine rings is 1. The van der Waals surface area contributed by atoms with Crippen LogP contribution >= 0.6 is 11.3 Å². The molecule has 7 nitrogen and oxygen atoms in total. The van der Waals surface area contributed by atoms with E-state index in [4.69, 9.17) is 0 Å². The summed E-state index contributed by atoms with van der Waals surface area (Å²) in [5, 5.41) is 9.68. The number of rotatable bonds is 2. The van der Waals surface area contributed by atoms with Gasteiger partial charge in [-0.25, -0.2) is 9.97 Å². The number of hydrogen-bond acceptors (Lipinski definition) is 7. The minimum absolute atomic E-state index is 0.400. The molecule has 0 aliphatic carbocycles. The molecule has 11 heteroatoms. The normalized spacial score (nSPS) is 16.0. The van der Waals surface area contributed by atoms with Crippen LogP contribution in [-0.4, -0.2) is 50.7 Å². The van der Waals surface area contributed by atoms with E-state index in [-0.39, 0.29) is 0 Å². The Balaban J connectivity index is 1.50. The molecule has 4 heterocycles. The van der Waals surface area contributed by atoms with Gasteiger partial charge in [0.05, 0.1) is 0 Å². The van der Waals surface area contributed by atoms with Crippen molar-refractivity contribution in [3.8, 4) is 0 Å². The first-order valence-electron chi connectivity index (χ1n) is 7.62. The number of fused-ring (bicyclic) bond motifs is 1. The Bertz CT molecular complexity index is 895. The molecule has 0 saturated carbocycles. The number of nitrogens with zero attached hydrogens (tertiary/aromatic N) is 7. The Morgan fingerprint density at radius 2 is 1.80 bits per heavy atom. The number of thiazole rings is 1. The molecule has 25 heavy (non-hydrogen) atoms. The van der Waals surface area contributed by atoms with Crippen molar-refractivity contribution >= 4 is 27.9 Å². The Hall–Kier alpha value is -2.43. The Labute approximate surface area is 144 Å². The van der Waals surface area contributed by atoms with Gasteiger partial charge in [-0.1, -0.05) is 0 Å². The third-order valence-corrected chi connectivity index (χ3v) is 5.01. The highest BCUT2D eigenvalue weighted by Gasteiger charge is 2.34. The lowest BCUT2D eigenvalue weighted by atomic mass is 10.3. The van der Waals surface area contributed by atoms with Crippen molar-refractivity contribution in [3.05, 3.63) is 29.3 Å². The van der Waals surface area contributed by atoms with Crippen LogP contribution in [0.2, 0.25) is 0 Å². The minimum atomic E-state index is -4.40. The van der Waals surface area contributed by atoms with Crippen molar-refractivity contribution in [1.29, 1.82) is 0 Å². The summed E-state index contributed by atoms with van der Waals surface area (Å²) < 4.78 is 40.0. The van der Waals surface area contributed by atoms with Crippen molar-refractivity contribution in [2.75, 3.05) is 36.0 Å². The maximum absolute atomic E-state index is 12.7. The molecule has 1 saturated heterocycles. The molecule has 0 amide bonds. The van der Waals surface area contributed by atoms with Gasteiger partial charge >= 0.3 is 6.18 Å². The predicted molar refractivity (Wildman–Crippen MR) is 87.1 cm³/mol. The van der Waals surface area contributed by atoms with E-state index in [0.717, 1.165) is 28.4 Å². The quantitative estimate of drug-likeness (QED) is 0.690. The molecule has 0 N–H and O–H groups in total. The lowest BCUT2D eigenvalue weighted by Gasteiger charge is -2.35. The molecule has 0 radical (unpaired) electrons. The van der Waals surface area contributed by atoms with Gasteiger partial charge in [0.2, 0.25) is 5.65 Å².